The van der Waals surface area contributed by atoms with Crippen molar-refractivity contribution >= 4 is 11.3 Å². The summed E-state index contributed by atoms with van der Waals surface area (Å²) in [7, 11) is 0. The van der Waals surface area contributed by atoms with Crippen LogP contribution in [-0.2, 0) is 0 Å². The van der Waals surface area contributed by atoms with Gasteiger partial charge >= 0.3 is 0 Å². The Bertz CT molecular complexity index is 518. The van der Waals surface area contributed by atoms with Crippen LogP contribution in [0.15, 0.2) is 17.6 Å². The third kappa shape index (κ3) is 2.42. The normalized spacial score (nSPS) is 19.9. The van der Waals surface area contributed by atoms with Gasteiger partial charge < -0.3 is 5.32 Å². The SMILES string of the molecule is Cc1cc(-c2nccs2)nc([C@@H]2CCCCN2)n1. The Hall–Kier alpha value is -1.33. The first-order valence-electron chi connectivity index (χ1n) is 6.32. The van der Waals surface area contributed by atoms with Crippen LogP contribution >= 0.6 is 11.3 Å². The van der Waals surface area contributed by atoms with Gasteiger partial charge in [0.15, 0.2) is 0 Å². The molecule has 94 valence electrons. The average molecular weight is 260 g/mol. The zero-order chi connectivity index (χ0) is 12.4. The number of aryl methyl sites for hydroxylation is 1. The minimum absolute atomic E-state index is 0.303. The van der Waals surface area contributed by atoms with Gasteiger partial charge in [-0.1, -0.05) is 6.42 Å². The maximum Gasteiger partial charge on any atom is 0.146 e. The fourth-order valence-corrected chi connectivity index (χ4v) is 2.88. The lowest BCUT2D eigenvalue weighted by Gasteiger charge is -2.22. The summed E-state index contributed by atoms with van der Waals surface area (Å²) in [5, 5.41) is 6.44. The zero-order valence-corrected chi connectivity index (χ0v) is 11.2. The maximum absolute atomic E-state index is 4.67. The van der Waals surface area contributed by atoms with Gasteiger partial charge in [0.1, 0.15) is 16.5 Å². The Morgan fingerprint density at radius 3 is 3.00 bits per heavy atom. The standard InChI is InChI=1S/C13H16N4S/c1-9-8-11(13-15-6-7-18-13)17-12(16-9)10-4-2-3-5-14-10/h6-8,10,14H,2-5H2,1H3/t10-/m0/s1. The van der Waals surface area contributed by atoms with Crippen molar-refractivity contribution in [2.24, 2.45) is 0 Å². The minimum atomic E-state index is 0.303. The van der Waals surface area contributed by atoms with Gasteiger partial charge in [-0.3, -0.25) is 0 Å². The van der Waals surface area contributed by atoms with Crippen molar-refractivity contribution in [3.8, 4) is 10.7 Å². The van der Waals surface area contributed by atoms with Crippen molar-refractivity contribution in [2.75, 3.05) is 6.54 Å². The number of rotatable bonds is 2. The second kappa shape index (κ2) is 5.12. The number of aromatic nitrogens is 3. The van der Waals surface area contributed by atoms with Gasteiger partial charge in [-0.25, -0.2) is 15.0 Å². The van der Waals surface area contributed by atoms with Gasteiger partial charge in [0.05, 0.1) is 6.04 Å². The lowest BCUT2D eigenvalue weighted by Crippen LogP contribution is -2.28. The van der Waals surface area contributed by atoms with Crippen LogP contribution in [0, 0.1) is 6.92 Å². The Morgan fingerprint density at radius 2 is 2.28 bits per heavy atom. The third-order valence-electron chi connectivity index (χ3n) is 3.14. The van der Waals surface area contributed by atoms with Crippen molar-refractivity contribution in [1.29, 1.82) is 0 Å². The van der Waals surface area contributed by atoms with E-state index in [4.69, 9.17) is 0 Å². The molecule has 0 radical (unpaired) electrons. The molecular formula is C13H16N4S. The van der Waals surface area contributed by atoms with E-state index in [2.05, 4.69) is 20.3 Å². The molecule has 1 atom stereocenters. The van der Waals surface area contributed by atoms with Crippen LogP contribution < -0.4 is 5.32 Å². The third-order valence-corrected chi connectivity index (χ3v) is 3.94. The molecule has 0 bridgehead atoms. The van der Waals surface area contributed by atoms with E-state index in [0.29, 0.717) is 6.04 Å². The van der Waals surface area contributed by atoms with Crippen molar-refractivity contribution in [3.05, 3.63) is 29.2 Å². The van der Waals surface area contributed by atoms with Crippen LogP contribution in [0.4, 0.5) is 0 Å². The summed E-state index contributed by atoms with van der Waals surface area (Å²) in [6.07, 6.45) is 5.44. The highest BCUT2D eigenvalue weighted by Crippen LogP contribution is 2.24. The fraction of sp³-hybridized carbons (Fsp3) is 0.462. The molecule has 2 aromatic heterocycles. The molecule has 1 N–H and O–H groups in total. The van der Waals surface area contributed by atoms with E-state index in [-0.39, 0.29) is 0 Å². The van der Waals surface area contributed by atoms with Crippen molar-refractivity contribution in [3.63, 3.8) is 0 Å². The Labute approximate surface area is 111 Å². The molecule has 4 nitrogen and oxygen atoms in total. The molecule has 3 rings (SSSR count). The van der Waals surface area contributed by atoms with E-state index in [1.165, 1.54) is 12.8 Å². The number of hydrogen-bond acceptors (Lipinski definition) is 5. The van der Waals surface area contributed by atoms with Gasteiger partial charge in [-0.05, 0) is 32.4 Å². The predicted octanol–water partition coefficient (Wildman–Crippen LogP) is 2.72. The van der Waals surface area contributed by atoms with Crippen LogP contribution in [0.5, 0.6) is 0 Å². The van der Waals surface area contributed by atoms with Gasteiger partial charge in [0.25, 0.3) is 0 Å². The lowest BCUT2D eigenvalue weighted by atomic mass is 10.0. The van der Waals surface area contributed by atoms with Crippen molar-refractivity contribution in [2.45, 2.75) is 32.2 Å². The molecule has 5 heteroatoms. The zero-order valence-electron chi connectivity index (χ0n) is 10.4. The summed E-state index contributed by atoms with van der Waals surface area (Å²) in [6.45, 7) is 3.08. The van der Waals surface area contributed by atoms with Crippen LogP contribution in [0.3, 0.4) is 0 Å². The first-order valence-corrected chi connectivity index (χ1v) is 7.20. The Morgan fingerprint density at radius 1 is 1.33 bits per heavy atom. The molecule has 0 unspecified atom stereocenters. The largest absolute Gasteiger partial charge is 0.307 e. The molecule has 0 amide bonds. The van der Waals surface area contributed by atoms with Crippen LogP contribution in [0.25, 0.3) is 10.7 Å². The van der Waals surface area contributed by atoms with Crippen LogP contribution in [-0.4, -0.2) is 21.5 Å². The second-order valence-corrected chi connectivity index (χ2v) is 5.49. The number of hydrogen-bond donors (Lipinski definition) is 1. The first kappa shape index (κ1) is 11.7. The molecule has 0 aliphatic carbocycles. The highest BCUT2D eigenvalue weighted by atomic mass is 32.1. The molecule has 1 aliphatic heterocycles. The van der Waals surface area contributed by atoms with E-state index < -0.39 is 0 Å². The number of thiazole rings is 1. The smallest absolute Gasteiger partial charge is 0.146 e. The average Bonchev–Trinajstić information content (AvgIpc) is 2.93. The van der Waals surface area contributed by atoms with E-state index in [0.717, 1.165) is 35.2 Å². The van der Waals surface area contributed by atoms with Crippen molar-refractivity contribution in [1.82, 2.24) is 20.3 Å². The molecule has 18 heavy (non-hydrogen) atoms. The molecule has 2 aromatic rings. The predicted molar refractivity (Wildman–Crippen MR) is 72.5 cm³/mol. The number of nitrogens with one attached hydrogen (secondary N) is 1. The molecule has 0 spiro atoms. The summed E-state index contributed by atoms with van der Waals surface area (Å²) in [6, 6.07) is 2.31. The molecular weight excluding hydrogens is 244 g/mol. The Balaban J connectivity index is 1.95. The number of piperidine rings is 1. The van der Waals surface area contributed by atoms with E-state index >= 15 is 0 Å². The van der Waals surface area contributed by atoms with Crippen LogP contribution in [0.1, 0.15) is 36.8 Å². The first-order chi connectivity index (χ1) is 8.83. The van der Waals surface area contributed by atoms with Gasteiger partial charge in [0.2, 0.25) is 0 Å². The highest BCUT2D eigenvalue weighted by molar-refractivity contribution is 7.13. The molecule has 0 aromatic carbocycles. The summed E-state index contributed by atoms with van der Waals surface area (Å²) in [5.74, 6) is 0.917. The van der Waals surface area contributed by atoms with Crippen LogP contribution in [0.2, 0.25) is 0 Å². The maximum atomic E-state index is 4.67. The fourth-order valence-electron chi connectivity index (χ4n) is 2.28. The molecule has 0 saturated carbocycles. The monoisotopic (exact) mass is 260 g/mol. The van der Waals surface area contributed by atoms with Crippen molar-refractivity contribution < 1.29 is 0 Å². The topological polar surface area (TPSA) is 50.7 Å². The molecule has 3 heterocycles. The van der Waals surface area contributed by atoms with E-state index in [1.54, 1.807) is 11.3 Å². The second-order valence-electron chi connectivity index (χ2n) is 4.59. The van der Waals surface area contributed by atoms with Gasteiger partial charge in [0, 0.05) is 17.3 Å². The van der Waals surface area contributed by atoms with Gasteiger partial charge in [-0.2, -0.15) is 0 Å². The summed E-state index contributed by atoms with van der Waals surface area (Å²) >= 11 is 1.62. The Kier molecular flexibility index (Phi) is 3.34. The summed E-state index contributed by atoms with van der Waals surface area (Å²) in [4.78, 5) is 13.6. The molecule has 1 aliphatic rings. The molecule has 1 fully saturated rings. The summed E-state index contributed by atoms with van der Waals surface area (Å²) < 4.78 is 0. The van der Waals surface area contributed by atoms with E-state index in [9.17, 15) is 0 Å². The van der Waals surface area contributed by atoms with E-state index in [1.807, 2.05) is 24.6 Å². The molecule has 1 saturated heterocycles. The minimum Gasteiger partial charge on any atom is -0.307 e. The summed E-state index contributed by atoms with van der Waals surface area (Å²) in [5.41, 5.74) is 1.96. The van der Waals surface area contributed by atoms with Gasteiger partial charge in [-0.15, -0.1) is 11.3 Å². The lowest BCUT2D eigenvalue weighted by molar-refractivity contribution is 0.397. The highest BCUT2D eigenvalue weighted by Gasteiger charge is 2.18. The number of nitrogens with zero attached hydrogens (tertiary/aromatic N) is 3. The quantitative estimate of drug-likeness (QED) is 0.902.